The maximum Gasteiger partial charge on any atom is 0.0572 e. The Hall–Kier alpha value is -7.42. The van der Waals surface area contributed by atoms with Crippen LogP contribution in [0.3, 0.4) is 0 Å². The molecule has 0 bridgehead atoms. The Morgan fingerprint density at radius 3 is 1.75 bits per heavy atom. The fourth-order valence-electron chi connectivity index (χ4n) is 9.73. The van der Waals surface area contributed by atoms with E-state index >= 15 is 0 Å². The molecule has 0 N–H and O–H groups in total. The molecule has 2 aliphatic carbocycles. The second-order valence-electron chi connectivity index (χ2n) is 16.0. The van der Waals surface area contributed by atoms with Gasteiger partial charge in [0.25, 0.3) is 0 Å². The van der Waals surface area contributed by atoms with Crippen molar-refractivity contribution < 1.29 is 0 Å². The Kier molecular flexibility index (Phi) is 9.17. The molecule has 0 fully saturated rings. The molecule has 1 atom stereocenters. The molecule has 286 valence electrons. The van der Waals surface area contributed by atoms with Crippen molar-refractivity contribution in [3.8, 4) is 50.3 Å². The first kappa shape index (κ1) is 35.7. The molecule has 8 aromatic carbocycles. The Bertz CT molecular complexity index is 2940. The van der Waals surface area contributed by atoms with Crippen molar-refractivity contribution in [3.05, 3.63) is 246 Å². The maximum atomic E-state index is 2.54. The van der Waals surface area contributed by atoms with Crippen molar-refractivity contribution in [2.24, 2.45) is 0 Å². The van der Waals surface area contributed by atoms with Crippen LogP contribution in [0.4, 0.5) is 17.1 Å². The monoisotopic (exact) mass is 768 g/mol. The molecule has 1 heterocycles. The van der Waals surface area contributed by atoms with Crippen LogP contribution >= 0.6 is 0 Å². The molecule has 1 aromatic heterocycles. The summed E-state index contributed by atoms with van der Waals surface area (Å²) in [5.41, 5.74) is 21.4. The van der Waals surface area contributed by atoms with E-state index < -0.39 is 0 Å². The average Bonchev–Trinajstić information content (AvgIpc) is 3.68. The van der Waals surface area contributed by atoms with Crippen LogP contribution in [0.25, 0.3) is 56.4 Å². The minimum Gasteiger partial charge on any atom is -0.310 e. The highest BCUT2D eigenvalue weighted by atomic mass is 15.1. The van der Waals surface area contributed by atoms with E-state index in [2.05, 4.69) is 234 Å². The summed E-state index contributed by atoms with van der Waals surface area (Å²) in [5, 5.41) is 0. The number of anilines is 3. The topological polar surface area (TPSA) is 8.17 Å². The van der Waals surface area contributed by atoms with Gasteiger partial charge in [0.2, 0.25) is 0 Å². The van der Waals surface area contributed by atoms with Gasteiger partial charge in [0.1, 0.15) is 0 Å². The lowest BCUT2D eigenvalue weighted by molar-refractivity contribution is 0.795. The Labute approximate surface area is 353 Å². The van der Waals surface area contributed by atoms with E-state index in [1.54, 1.807) is 0 Å². The lowest BCUT2D eigenvalue weighted by Crippen LogP contribution is -2.13. The third-order valence-electron chi connectivity index (χ3n) is 12.4. The fourth-order valence-corrected chi connectivity index (χ4v) is 9.73. The first-order valence-corrected chi connectivity index (χ1v) is 21.2. The summed E-state index contributed by atoms with van der Waals surface area (Å²) >= 11 is 0. The zero-order chi connectivity index (χ0) is 39.8. The molecule has 0 aliphatic heterocycles. The number of aromatic nitrogens is 1. The van der Waals surface area contributed by atoms with E-state index in [0.717, 1.165) is 36.3 Å². The van der Waals surface area contributed by atoms with E-state index in [1.807, 2.05) is 0 Å². The summed E-state index contributed by atoms with van der Waals surface area (Å²) in [6.07, 6.45) is 7.81. The van der Waals surface area contributed by atoms with Gasteiger partial charge in [0.15, 0.2) is 0 Å². The molecule has 2 nitrogen and oxygen atoms in total. The number of fused-ring (bicyclic) bond motifs is 5. The van der Waals surface area contributed by atoms with Crippen molar-refractivity contribution in [2.75, 3.05) is 4.90 Å². The average molecular weight is 769 g/mol. The van der Waals surface area contributed by atoms with E-state index in [-0.39, 0.29) is 5.92 Å². The summed E-state index contributed by atoms with van der Waals surface area (Å²) in [5.74, 6) is 0.204. The van der Waals surface area contributed by atoms with Gasteiger partial charge in [0.05, 0.1) is 17.1 Å². The number of hydrogen-bond donors (Lipinski definition) is 0. The van der Waals surface area contributed by atoms with Gasteiger partial charge in [-0.25, -0.2) is 0 Å². The van der Waals surface area contributed by atoms with Gasteiger partial charge in [-0.05, 0) is 124 Å². The first-order chi connectivity index (χ1) is 29.8. The van der Waals surface area contributed by atoms with E-state index in [0.29, 0.717) is 0 Å². The SMILES string of the molecule is C1=Cc2c(c3c(n2-c2ccccc2)-c2ccccc2CC3)C(c2cccc(N(c3cc(-c4ccccc4)cc(-c4ccccc4)c3)c3ccccc3-c3ccccc3)c2)C1. The molecule has 0 saturated heterocycles. The second-order valence-corrected chi connectivity index (χ2v) is 16.0. The molecule has 2 aliphatic rings. The quantitative estimate of drug-likeness (QED) is 0.149. The molecule has 11 rings (SSSR count). The standard InChI is InChI=1S/C58H44N2/c1-5-19-41(20-6-1)46-37-47(42-21-7-2-8-22-42)40-50(39-46)59(55-33-16-15-30-51(55)43-23-9-3-10-24-43)49-29-17-26-45(38-49)52-32-18-34-56-57(52)54-36-35-44-25-13-14-31-53(44)58(54)60(56)48-27-11-4-12-28-48/h1-31,33-34,37-40,52H,32,35-36H2. The molecule has 0 spiro atoms. The maximum absolute atomic E-state index is 2.54. The molecule has 60 heavy (non-hydrogen) atoms. The number of allylic oxidation sites excluding steroid dienone is 1. The molecule has 1 unspecified atom stereocenters. The van der Waals surface area contributed by atoms with E-state index in [1.165, 1.54) is 78.3 Å². The van der Waals surface area contributed by atoms with Gasteiger partial charge >= 0.3 is 0 Å². The highest BCUT2D eigenvalue weighted by Crippen LogP contribution is 2.49. The predicted molar refractivity (Wildman–Crippen MR) is 252 cm³/mol. The Morgan fingerprint density at radius 1 is 0.450 bits per heavy atom. The lowest BCUT2D eigenvalue weighted by atomic mass is 9.79. The molecular formula is C58H44N2. The lowest BCUT2D eigenvalue weighted by Gasteiger charge is -2.30. The molecule has 0 saturated carbocycles. The summed E-state index contributed by atoms with van der Waals surface area (Å²) < 4.78 is 2.54. The summed E-state index contributed by atoms with van der Waals surface area (Å²) in [6.45, 7) is 0. The number of aryl methyl sites for hydroxylation is 1. The first-order valence-electron chi connectivity index (χ1n) is 21.2. The minimum absolute atomic E-state index is 0.204. The molecule has 9 aromatic rings. The van der Waals surface area contributed by atoms with Crippen LogP contribution < -0.4 is 4.90 Å². The zero-order valence-electron chi connectivity index (χ0n) is 33.5. The number of hydrogen-bond acceptors (Lipinski definition) is 1. The summed E-state index contributed by atoms with van der Waals surface area (Å²) in [6, 6.07) is 77.7. The van der Waals surface area contributed by atoms with Gasteiger partial charge in [0, 0.05) is 34.1 Å². The smallest absolute Gasteiger partial charge is 0.0572 e. The van der Waals surface area contributed by atoms with Crippen LogP contribution in [0.5, 0.6) is 0 Å². The van der Waals surface area contributed by atoms with Crippen LogP contribution in [0.1, 0.15) is 40.3 Å². The van der Waals surface area contributed by atoms with Crippen molar-refractivity contribution in [2.45, 2.75) is 25.2 Å². The minimum atomic E-state index is 0.204. The third-order valence-corrected chi connectivity index (χ3v) is 12.4. The van der Waals surface area contributed by atoms with Crippen LogP contribution in [-0.2, 0) is 12.8 Å². The normalized spacial score (nSPS) is 13.9. The highest BCUT2D eigenvalue weighted by molar-refractivity contribution is 5.91. The Morgan fingerprint density at radius 2 is 1.05 bits per heavy atom. The molecule has 2 heteroatoms. The van der Waals surface area contributed by atoms with Gasteiger partial charge in [-0.3, -0.25) is 0 Å². The van der Waals surface area contributed by atoms with Gasteiger partial charge in [-0.15, -0.1) is 0 Å². The number of para-hydroxylation sites is 2. The van der Waals surface area contributed by atoms with Crippen LogP contribution in [0.15, 0.2) is 218 Å². The zero-order valence-corrected chi connectivity index (χ0v) is 33.5. The summed E-state index contributed by atoms with van der Waals surface area (Å²) in [7, 11) is 0. The number of benzene rings is 8. The van der Waals surface area contributed by atoms with Gasteiger partial charge < -0.3 is 9.47 Å². The van der Waals surface area contributed by atoms with Crippen molar-refractivity contribution in [1.29, 1.82) is 0 Å². The predicted octanol–water partition coefficient (Wildman–Crippen LogP) is 15.3. The number of nitrogens with zero attached hydrogens (tertiary/aromatic N) is 2. The van der Waals surface area contributed by atoms with E-state index in [9.17, 15) is 0 Å². The fraction of sp³-hybridized carbons (Fsp3) is 0.0690. The van der Waals surface area contributed by atoms with Crippen molar-refractivity contribution in [1.82, 2.24) is 4.57 Å². The second kappa shape index (κ2) is 15.4. The van der Waals surface area contributed by atoms with Gasteiger partial charge in [-0.1, -0.05) is 170 Å². The third kappa shape index (κ3) is 6.38. The number of rotatable bonds is 8. The van der Waals surface area contributed by atoms with Crippen LogP contribution in [0, 0.1) is 0 Å². The van der Waals surface area contributed by atoms with Crippen LogP contribution in [-0.4, -0.2) is 4.57 Å². The van der Waals surface area contributed by atoms with Gasteiger partial charge in [-0.2, -0.15) is 0 Å². The van der Waals surface area contributed by atoms with E-state index in [4.69, 9.17) is 0 Å². The largest absolute Gasteiger partial charge is 0.310 e. The summed E-state index contributed by atoms with van der Waals surface area (Å²) in [4.78, 5) is 2.49. The molecular weight excluding hydrogens is 725 g/mol. The highest BCUT2D eigenvalue weighted by Gasteiger charge is 2.33. The Balaban J connectivity index is 1.12. The molecule has 0 radical (unpaired) electrons. The van der Waals surface area contributed by atoms with Crippen molar-refractivity contribution >= 4 is 23.1 Å². The van der Waals surface area contributed by atoms with Crippen LogP contribution in [0.2, 0.25) is 0 Å². The molecule has 0 amide bonds. The van der Waals surface area contributed by atoms with Crippen molar-refractivity contribution in [3.63, 3.8) is 0 Å².